The molecule has 0 atom stereocenters. The molecule has 0 saturated carbocycles. The van der Waals surface area contributed by atoms with E-state index in [-0.39, 0.29) is 22.9 Å². The van der Waals surface area contributed by atoms with Crippen LogP contribution in [0.15, 0.2) is 88.7 Å². The number of benzene rings is 3. The summed E-state index contributed by atoms with van der Waals surface area (Å²) in [6.45, 7) is 0. The van der Waals surface area contributed by atoms with Crippen molar-refractivity contribution in [1.29, 1.82) is 0 Å². The molecule has 5 rings (SSSR count). The van der Waals surface area contributed by atoms with E-state index in [0.29, 0.717) is 34.5 Å². The van der Waals surface area contributed by atoms with Crippen molar-refractivity contribution in [1.82, 2.24) is 14.5 Å². The number of nitrogens with zero attached hydrogens (tertiary/aromatic N) is 3. The number of anilines is 2. The second kappa shape index (κ2) is 9.56. The van der Waals surface area contributed by atoms with E-state index in [1.165, 1.54) is 23.9 Å². The Morgan fingerprint density at radius 3 is 2.47 bits per heavy atom. The van der Waals surface area contributed by atoms with Gasteiger partial charge in [0.05, 0.1) is 23.7 Å². The Bertz CT molecular complexity index is 1860. The van der Waals surface area contributed by atoms with Gasteiger partial charge in [-0.05, 0) is 54.1 Å². The van der Waals surface area contributed by atoms with Crippen molar-refractivity contribution in [2.24, 2.45) is 0 Å². The number of hydrogen-bond acceptors (Lipinski definition) is 7. The lowest BCUT2D eigenvalue weighted by Gasteiger charge is -2.14. The molecule has 12 heteroatoms. The largest absolute Gasteiger partial charge is 0.480 e. The molecule has 0 aliphatic carbocycles. The van der Waals surface area contributed by atoms with Crippen molar-refractivity contribution in [2.45, 2.75) is 4.90 Å². The third-order valence-electron chi connectivity index (χ3n) is 5.71. The first-order valence-electron chi connectivity index (χ1n) is 11.1. The molecule has 0 radical (unpaired) electrons. The number of sulfonamides is 1. The van der Waals surface area contributed by atoms with Crippen LogP contribution in [0.4, 0.5) is 20.4 Å². The van der Waals surface area contributed by atoms with Gasteiger partial charge >= 0.3 is 0 Å². The molecule has 0 spiro atoms. The maximum Gasteiger partial charge on any atom is 0.267 e. The molecule has 38 heavy (non-hydrogen) atoms. The van der Waals surface area contributed by atoms with Gasteiger partial charge in [0.15, 0.2) is 0 Å². The monoisotopic (exact) mass is 535 g/mol. The fraction of sp³-hybridized carbons (Fsp3) is 0.0385. The van der Waals surface area contributed by atoms with E-state index < -0.39 is 32.1 Å². The molecule has 0 aliphatic rings. The summed E-state index contributed by atoms with van der Waals surface area (Å²) in [5.74, 6) is -2.13. The van der Waals surface area contributed by atoms with Crippen molar-refractivity contribution in [3.63, 3.8) is 0 Å². The number of halogens is 2. The standard InChI is InChI=1S/C26H19F2N5O4S/c1-37-24-22(32-38(35,36)23-13-17(27)8-9-20(23)28)12-16(14-30-24)15-7-10-21-19(11-15)25(34)33(26(29)31-21)18-5-3-2-4-6-18/h2-14,32H,1H3,(H2,29,31). The number of rotatable bonds is 6. The molecule has 0 saturated heterocycles. The van der Waals surface area contributed by atoms with E-state index in [4.69, 9.17) is 10.5 Å². The maximum atomic E-state index is 14.2. The summed E-state index contributed by atoms with van der Waals surface area (Å²) >= 11 is 0. The zero-order valence-electron chi connectivity index (χ0n) is 19.7. The number of pyridine rings is 1. The first kappa shape index (κ1) is 24.8. The van der Waals surface area contributed by atoms with E-state index in [1.54, 1.807) is 42.5 Å². The quantitative estimate of drug-likeness (QED) is 0.335. The molecule has 0 fully saturated rings. The number of nitrogen functional groups attached to an aromatic ring is 1. The SMILES string of the molecule is COc1ncc(-c2ccc3nc(N)n(-c4ccccc4)c(=O)c3c2)cc1NS(=O)(=O)c1cc(F)ccc1F. The maximum absolute atomic E-state index is 14.2. The summed E-state index contributed by atoms with van der Waals surface area (Å²) in [5.41, 5.74) is 7.37. The molecule has 0 aliphatic heterocycles. The summed E-state index contributed by atoms with van der Waals surface area (Å²) in [5, 5.41) is 0.264. The van der Waals surface area contributed by atoms with Crippen LogP contribution in [-0.4, -0.2) is 30.1 Å². The molecule has 5 aromatic rings. The Hall–Kier alpha value is -4.84. The van der Waals surface area contributed by atoms with E-state index in [1.807, 2.05) is 6.07 Å². The van der Waals surface area contributed by atoms with Crippen molar-refractivity contribution in [2.75, 3.05) is 17.6 Å². The van der Waals surface area contributed by atoms with Crippen LogP contribution >= 0.6 is 0 Å². The zero-order chi connectivity index (χ0) is 27.0. The van der Waals surface area contributed by atoms with Crippen LogP contribution in [0.2, 0.25) is 0 Å². The molecular weight excluding hydrogens is 516 g/mol. The fourth-order valence-electron chi connectivity index (χ4n) is 3.94. The van der Waals surface area contributed by atoms with Crippen molar-refractivity contribution < 1.29 is 21.9 Å². The second-order valence-electron chi connectivity index (χ2n) is 8.14. The molecule has 192 valence electrons. The van der Waals surface area contributed by atoms with Crippen LogP contribution in [0.5, 0.6) is 5.88 Å². The van der Waals surface area contributed by atoms with Crippen molar-refractivity contribution in [3.05, 3.63) is 101 Å². The van der Waals surface area contributed by atoms with Crippen LogP contribution in [0.3, 0.4) is 0 Å². The molecular formula is C26H19F2N5O4S. The highest BCUT2D eigenvalue weighted by atomic mass is 32.2. The molecule has 2 aromatic heterocycles. The predicted molar refractivity (Wildman–Crippen MR) is 139 cm³/mol. The molecule has 2 heterocycles. The van der Waals surface area contributed by atoms with E-state index >= 15 is 0 Å². The molecule has 9 nitrogen and oxygen atoms in total. The Kier molecular flexibility index (Phi) is 6.25. The van der Waals surface area contributed by atoms with Crippen molar-refractivity contribution >= 4 is 32.6 Å². The number of nitrogens with one attached hydrogen (secondary N) is 1. The van der Waals surface area contributed by atoms with Gasteiger partial charge in [-0.25, -0.2) is 31.7 Å². The van der Waals surface area contributed by atoms with Gasteiger partial charge in [0, 0.05) is 11.8 Å². The number of ether oxygens (including phenoxy) is 1. The van der Waals surface area contributed by atoms with Gasteiger partial charge in [0.2, 0.25) is 11.8 Å². The van der Waals surface area contributed by atoms with Crippen molar-refractivity contribution in [3.8, 4) is 22.7 Å². The molecule has 0 unspecified atom stereocenters. The number of fused-ring (bicyclic) bond motifs is 1. The average Bonchev–Trinajstić information content (AvgIpc) is 2.90. The minimum atomic E-state index is -4.54. The van der Waals surface area contributed by atoms with Gasteiger partial charge in [-0.1, -0.05) is 24.3 Å². The number of methoxy groups -OCH3 is 1. The third kappa shape index (κ3) is 4.52. The fourth-order valence-corrected chi connectivity index (χ4v) is 5.08. The summed E-state index contributed by atoms with van der Waals surface area (Å²) in [4.78, 5) is 21.0. The first-order chi connectivity index (χ1) is 18.2. The summed E-state index contributed by atoms with van der Waals surface area (Å²) in [6.07, 6.45) is 1.42. The smallest absolute Gasteiger partial charge is 0.267 e. The third-order valence-corrected chi connectivity index (χ3v) is 7.09. The lowest BCUT2D eigenvalue weighted by Crippen LogP contribution is -2.23. The Labute approximate surface area is 215 Å². The van der Waals surface area contributed by atoms with Gasteiger partial charge < -0.3 is 10.5 Å². The van der Waals surface area contributed by atoms with Gasteiger partial charge in [-0.2, -0.15) is 0 Å². The van der Waals surface area contributed by atoms with Gasteiger partial charge in [0.1, 0.15) is 22.2 Å². The zero-order valence-corrected chi connectivity index (χ0v) is 20.5. The minimum Gasteiger partial charge on any atom is -0.480 e. The van der Waals surface area contributed by atoms with Crippen LogP contribution in [0.25, 0.3) is 27.7 Å². The van der Waals surface area contributed by atoms with Gasteiger partial charge in [-0.3, -0.25) is 9.52 Å². The number of nitrogens with two attached hydrogens (primary N) is 1. The molecule has 3 aromatic carbocycles. The molecule has 3 N–H and O–H groups in total. The summed E-state index contributed by atoms with van der Waals surface area (Å²) < 4.78 is 62.2. The second-order valence-corrected chi connectivity index (χ2v) is 9.79. The van der Waals surface area contributed by atoms with E-state index in [2.05, 4.69) is 14.7 Å². The summed E-state index contributed by atoms with van der Waals surface area (Å²) in [6, 6.07) is 17.1. The Morgan fingerprint density at radius 1 is 0.974 bits per heavy atom. The van der Waals surface area contributed by atoms with E-state index in [9.17, 15) is 22.0 Å². The molecule has 0 amide bonds. The lowest BCUT2D eigenvalue weighted by molar-refractivity contribution is 0.400. The highest BCUT2D eigenvalue weighted by Crippen LogP contribution is 2.31. The minimum absolute atomic E-state index is 0.0221. The number of hydrogen-bond donors (Lipinski definition) is 2. The van der Waals surface area contributed by atoms with Gasteiger partial charge in [0.25, 0.3) is 15.6 Å². The lowest BCUT2D eigenvalue weighted by atomic mass is 10.0. The summed E-state index contributed by atoms with van der Waals surface area (Å²) in [7, 11) is -3.26. The average molecular weight is 536 g/mol. The predicted octanol–water partition coefficient (Wildman–Crippen LogP) is 4.12. The Morgan fingerprint density at radius 2 is 1.74 bits per heavy atom. The highest BCUT2D eigenvalue weighted by Gasteiger charge is 2.23. The van der Waals surface area contributed by atoms with E-state index in [0.717, 1.165) is 6.07 Å². The van der Waals surface area contributed by atoms with Crippen LogP contribution in [0.1, 0.15) is 0 Å². The van der Waals surface area contributed by atoms with Crippen LogP contribution in [-0.2, 0) is 10.0 Å². The van der Waals surface area contributed by atoms with Crippen LogP contribution < -0.4 is 20.8 Å². The highest BCUT2D eigenvalue weighted by molar-refractivity contribution is 7.92. The topological polar surface area (TPSA) is 129 Å². The Balaban J connectivity index is 1.60. The van der Waals surface area contributed by atoms with Crippen LogP contribution in [0, 0.1) is 11.6 Å². The van der Waals surface area contributed by atoms with Gasteiger partial charge in [-0.15, -0.1) is 0 Å². The molecule has 0 bridgehead atoms. The normalized spacial score (nSPS) is 11.4. The number of aromatic nitrogens is 3. The number of para-hydroxylation sites is 1. The first-order valence-corrected chi connectivity index (χ1v) is 12.6.